The third-order valence-electron chi connectivity index (χ3n) is 7.20. The van der Waals surface area contributed by atoms with Crippen LogP contribution < -0.4 is 14.2 Å². The number of likely N-dealkylation sites (N-methyl/N-ethyl adjacent to an activating group) is 2. The standard InChI is InChI=1S/C21H24N2O5.C15H18N2O2.2CH4/c1-5-15(23(2)3)19-17(18(24)20-16(25-4)11-12-26-20)21(22-28-19)27-13-14-9-7-6-8-10-14;1-4-13(17(2)3)14-10-15(16-19-14)18-11-12-8-6-5-7-9-12;;/h5-12,15,18,24H,1,13H2,2-4H3;4-10,13H,1,11H2,2-3H3;2*1H4/t15-,18?;13-;;/m00../s1. The van der Waals surface area contributed by atoms with Crippen LogP contribution in [0.25, 0.3) is 0 Å². The third-order valence-corrected chi connectivity index (χ3v) is 7.20. The normalized spacial score (nSPS) is 12.4. The Labute approximate surface area is 290 Å². The molecule has 0 bridgehead atoms. The van der Waals surface area contributed by atoms with E-state index in [0.29, 0.717) is 29.6 Å². The predicted molar refractivity (Wildman–Crippen MR) is 191 cm³/mol. The molecule has 0 radical (unpaired) electrons. The van der Waals surface area contributed by atoms with Gasteiger partial charge in [-0.05, 0) is 49.6 Å². The smallest absolute Gasteiger partial charge is 0.261 e. The van der Waals surface area contributed by atoms with Crippen molar-refractivity contribution in [3.8, 4) is 17.5 Å². The van der Waals surface area contributed by atoms with Gasteiger partial charge in [-0.2, -0.15) is 0 Å². The number of rotatable bonds is 15. The summed E-state index contributed by atoms with van der Waals surface area (Å²) in [6.45, 7) is 8.41. The minimum Gasteiger partial charge on any atom is -0.493 e. The lowest BCUT2D eigenvalue weighted by molar-refractivity contribution is 0.171. The quantitative estimate of drug-likeness (QED) is 0.109. The van der Waals surface area contributed by atoms with Crippen molar-refractivity contribution < 1.29 is 32.8 Å². The van der Waals surface area contributed by atoms with Gasteiger partial charge in [0, 0.05) is 12.1 Å². The Morgan fingerprint density at radius 3 is 1.88 bits per heavy atom. The number of benzene rings is 2. The summed E-state index contributed by atoms with van der Waals surface area (Å²) >= 11 is 0. The summed E-state index contributed by atoms with van der Waals surface area (Å²) in [6, 6.07) is 22.7. The summed E-state index contributed by atoms with van der Waals surface area (Å²) in [5, 5.41) is 19.0. The Morgan fingerprint density at radius 2 is 1.35 bits per heavy atom. The molecule has 0 aliphatic rings. The first-order chi connectivity index (χ1) is 22.8. The molecule has 0 spiro atoms. The van der Waals surface area contributed by atoms with Gasteiger partial charge >= 0.3 is 0 Å². The number of furan rings is 1. The average molecular weight is 675 g/mol. The van der Waals surface area contributed by atoms with Gasteiger partial charge in [0.1, 0.15) is 19.3 Å². The fourth-order valence-electron chi connectivity index (χ4n) is 4.74. The van der Waals surface area contributed by atoms with Crippen molar-refractivity contribution in [3.63, 3.8) is 0 Å². The van der Waals surface area contributed by atoms with Crippen molar-refractivity contribution >= 4 is 0 Å². The lowest BCUT2D eigenvalue weighted by Crippen LogP contribution is -2.19. The Balaban J connectivity index is 0.000000349. The summed E-state index contributed by atoms with van der Waals surface area (Å²) in [4.78, 5) is 3.89. The van der Waals surface area contributed by atoms with Crippen molar-refractivity contribution in [1.29, 1.82) is 0 Å². The van der Waals surface area contributed by atoms with Gasteiger partial charge in [-0.3, -0.25) is 9.80 Å². The molecule has 49 heavy (non-hydrogen) atoms. The number of methoxy groups -OCH3 is 1. The zero-order valence-corrected chi connectivity index (χ0v) is 27.4. The number of aliphatic hydroxyl groups is 1. The fraction of sp³-hybridized carbons (Fsp3) is 0.316. The molecular formula is C38H50N4O7. The summed E-state index contributed by atoms with van der Waals surface area (Å²) in [5.41, 5.74) is 2.44. The Hall–Kier alpha value is -5.10. The molecule has 5 rings (SSSR count). The summed E-state index contributed by atoms with van der Waals surface area (Å²) in [6.07, 6.45) is 3.78. The number of ether oxygens (including phenoxy) is 3. The minimum absolute atomic E-state index is 0. The maximum absolute atomic E-state index is 11.1. The van der Waals surface area contributed by atoms with Crippen LogP contribution in [0.3, 0.4) is 0 Å². The zero-order chi connectivity index (χ0) is 33.8. The number of nitrogens with zero attached hydrogens (tertiary/aromatic N) is 4. The second-order valence-corrected chi connectivity index (χ2v) is 10.9. The van der Waals surface area contributed by atoms with Crippen molar-refractivity contribution in [1.82, 2.24) is 20.1 Å². The molecule has 5 aromatic rings. The first kappa shape index (κ1) is 40.1. The topological polar surface area (TPSA) is 120 Å². The van der Waals surface area contributed by atoms with Crippen LogP contribution in [0.5, 0.6) is 17.5 Å². The molecule has 0 aliphatic carbocycles. The van der Waals surface area contributed by atoms with E-state index in [4.69, 9.17) is 27.7 Å². The van der Waals surface area contributed by atoms with E-state index < -0.39 is 6.10 Å². The molecule has 0 saturated carbocycles. The van der Waals surface area contributed by atoms with E-state index in [1.165, 1.54) is 13.4 Å². The number of aliphatic hydroxyl groups excluding tert-OH is 1. The highest BCUT2D eigenvalue weighted by atomic mass is 16.5. The Bertz CT molecular complexity index is 1660. The maximum atomic E-state index is 11.1. The van der Waals surface area contributed by atoms with Gasteiger partial charge in [-0.1, -0.05) is 87.7 Å². The SMILES string of the molecule is C.C.C=C[C@@H](c1cc(OCc2ccccc2)no1)N(C)C.C=C[C@@H](c1onc(OCc2ccccc2)c1C(O)c1occc1OC)N(C)C. The highest BCUT2D eigenvalue weighted by molar-refractivity contribution is 5.41. The number of aromatic nitrogens is 2. The van der Waals surface area contributed by atoms with E-state index >= 15 is 0 Å². The summed E-state index contributed by atoms with van der Waals surface area (Å²) in [7, 11) is 9.18. The molecule has 3 heterocycles. The van der Waals surface area contributed by atoms with Crippen molar-refractivity contribution in [2.75, 3.05) is 35.3 Å². The van der Waals surface area contributed by atoms with Gasteiger partial charge in [0.2, 0.25) is 0 Å². The molecule has 3 aromatic heterocycles. The second-order valence-electron chi connectivity index (χ2n) is 10.9. The fourth-order valence-corrected chi connectivity index (χ4v) is 4.74. The van der Waals surface area contributed by atoms with Crippen LogP contribution >= 0.6 is 0 Å². The van der Waals surface area contributed by atoms with Crippen molar-refractivity contribution in [3.05, 3.63) is 138 Å². The van der Waals surface area contributed by atoms with E-state index in [2.05, 4.69) is 23.5 Å². The van der Waals surface area contributed by atoms with E-state index in [1.807, 2.05) is 105 Å². The Morgan fingerprint density at radius 1 is 0.776 bits per heavy atom. The third kappa shape index (κ3) is 10.4. The lowest BCUT2D eigenvalue weighted by atomic mass is 10.0. The monoisotopic (exact) mass is 674 g/mol. The van der Waals surface area contributed by atoms with Crippen LogP contribution in [-0.2, 0) is 13.2 Å². The largest absolute Gasteiger partial charge is 0.493 e. The first-order valence-electron chi connectivity index (χ1n) is 14.9. The van der Waals surface area contributed by atoms with Crippen LogP contribution in [0.15, 0.2) is 118 Å². The molecule has 264 valence electrons. The molecular weight excluding hydrogens is 624 g/mol. The second kappa shape index (κ2) is 19.7. The average Bonchev–Trinajstić information content (AvgIpc) is 3.85. The lowest BCUT2D eigenvalue weighted by Gasteiger charge is -2.20. The molecule has 11 nitrogen and oxygen atoms in total. The molecule has 0 amide bonds. The molecule has 1 N–H and O–H groups in total. The first-order valence-corrected chi connectivity index (χ1v) is 14.9. The van der Waals surface area contributed by atoms with E-state index in [-0.39, 0.29) is 45.2 Å². The van der Waals surface area contributed by atoms with Crippen molar-refractivity contribution in [2.45, 2.75) is 46.3 Å². The van der Waals surface area contributed by atoms with Gasteiger partial charge in [-0.25, -0.2) is 0 Å². The molecule has 0 saturated heterocycles. The molecule has 11 heteroatoms. The highest BCUT2D eigenvalue weighted by Crippen LogP contribution is 2.40. The van der Waals surface area contributed by atoms with Crippen LogP contribution in [0.1, 0.15) is 67.0 Å². The minimum atomic E-state index is -1.18. The summed E-state index contributed by atoms with van der Waals surface area (Å²) in [5.74, 6) is 2.51. The van der Waals surface area contributed by atoms with Gasteiger partial charge in [0.05, 0.1) is 31.0 Å². The van der Waals surface area contributed by atoms with E-state index in [0.717, 1.165) is 16.9 Å². The van der Waals surface area contributed by atoms with E-state index in [9.17, 15) is 5.11 Å². The zero-order valence-electron chi connectivity index (χ0n) is 27.4. The van der Waals surface area contributed by atoms with Crippen LogP contribution in [0.4, 0.5) is 0 Å². The molecule has 1 unspecified atom stereocenters. The number of hydrogen-bond acceptors (Lipinski definition) is 11. The van der Waals surface area contributed by atoms with Gasteiger partial charge < -0.3 is 32.8 Å². The van der Waals surface area contributed by atoms with Gasteiger partial charge in [0.25, 0.3) is 11.8 Å². The molecule has 3 atom stereocenters. The predicted octanol–water partition coefficient (Wildman–Crippen LogP) is 8.04. The van der Waals surface area contributed by atoms with Crippen LogP contribution in [0.2, 0.25) is 0 Å². The summed E-state index contributed by atoms with van der Waals surface area (Å²) < 4.78 is 33.0. The maximum Gasteiger partial charge on any atom is 0.261 e. The van der Waals surface area contributed by atoms with Gasteiger partial charge in [-0.15, -0.1) is 13.2 Å². The molecule has 0 aliphatic heterocycles. The molecule has 2 aromatic carbocycles. The number of hydrogen-bond donors (Lipinski definition) is 1. The van der Waals surface area contributed by atoms with Crippen LogP contribution in [0, 0.1) is 0 Å². The Kier molecular flexibility index (Phi) is 16.1. The molecule has 0 fully saturated rings. The van der Waals surface area contributed by atoms with Gasteiger partial charge in [0.15, 0.2) is 23.0 Å². The highest BCUT2D eigenvalue weighted by Gasteiger charge is 2.33. The van der Waals surface area contributed by atoms with E-state index in [1.54, 1.807) is 18.2 Å². The van der Waals surface area contributed by atoms with Crippen LogP contribution in [-0.4, -0.2) is 60.5 Å². The van der Waals surface area contributed by atoms with Crippen molar-refractivity contribution in [2.24, 2.45) is 0 Å².